The summed E-state index contributed by atoms with van der Waals surface area (Å²) in [6.07, 6.45) is 0. The molecular weight excluding hydrogens is 414 g/mol. The molecule has 0 aliphatic rings. The molecular formula is C27H33N3O3. The van der Waals surface area contributed by atoms with Gasteiger partial charge in [-0.1, -0.05) is 82.2 Å². The summed E-state index contributed by atoms with van der Waals surface area (Å²) in [5, 5.41) is 6.73. The Balaban J connectivity index is 1.80. The molecule has 2 amide bonds. The Hall–Kier alpha value is -3.41. The Labute approximate surface area is 196 Å². The lowest BCUT2D eigenvalue weighted by molar-refractivity contribution is 0.0713. The number of benzene rings is 2. The molecule has 2 aromatic carbocycles. The van der Waals surface area contributed by atoms with E-state index in [2.05, 4.69) is 31.2 Å². The second-order valence-electron chi connectivity index (χ2n) is 9.76. The number of hydrogen-bond acceptors (Lipinski definition) is 4. The average molecular weight is 448 g/mol. The normalized spacial score (nSPS) is 11.5. The van der Waals surface area contributed by atoms with Crippen molar-refractivity contribution in [3.8, 4) is 0 Å². The van der Waals surface area contributed by atoms with Gasteiger partial charge in [-0.2, -0.15) is 0 Å². The topological polar surface area (TPSA) is 75.4 Å². The highest BCUT2D eigenvalue weighted by atomic mass is 16.5. The van der Waals surface area contributed by atoms with Crippen LogP contribution in [0.3, 0.4) is 0 Å². The summed E-state index contributed by atoms with van der Waals surface area (Å²) in [6.45, 7) is 11.7. The van der Waals surface area contributed by atoms with Gasteiger partial charge in [-0.25, -0.2) is 0 Å². The van der Waals surface area contributed by atoms with Gasteiger partial charge in [0.05, 0.1) is 6.54 Å². The molecule has 33 heavy (non-hydrogen) atoms. The molecule has 0 saturated carbocycles. The minimum absolute atomic E-state index is 0.0116. The number of rotatable bonds is 8. The van der Waals surface area contributed by atoms with Crippen LogP contribution in [0.5, 0.6) is 0 Å². The van der Waals surface area contributed by atoms with Crippen LogP contribution in [0.15, 0.2) is 65.2 Å². The number of aromatic nitrogens is 1. The van der Waals surface area contributed by atoms with E-state index in [9.17, 15) is 9.59 Å². The molecule has 6 nitrogen and oxygen atoms in total. The van der Waals surface area contributed by atoms with Crippen LogP contribution in [0, 0.1) is 5.92 Å². The van der Waals surface area contributed by atoms with Gasteiger partial charge in [-0.3, -0.25) is 9.59 Å². The first-order valence-corrected chi connectivity index (χ1v) is 11.3. The van der Waals surface area contributed by atoms with E-state index in [1.54, 1.807) is 11.0 Å². The van der Waals surface area contributed by atoms with Crippen molar-refractivity contribution < 1.29 is 14.1 Å². The second kappa shape index (κ2) is 10.5. The molecule has 0 aliphatic carbocycles. The largest absolute Gasteiger partial charge is 0.359 e. The molecule has 3 rings (SSSR count). The first-order valence-electron chi connectivity index (χ1n) is 11.3. The van der Waals surface area contributed by atoms with Crippen molar-refractivity contribution >= 4 is 11.8 Å². The van der Waals surface area contributed by atoms with Crippen molar-refractivity contribution in [1.29, 1.82) is 0 Å². The molecule has 0 bridgehead atoms. The van der Waals surface area contributed by atoms with Gasteiger partial charge >= 0.3 is 0 Å². The molecule has 3 aromatic rings. The quantitative estimate of drug-likeness (QED) is 0.515. The zero-order valence-corrected chi connectivity index (χ0v) is 20.1. The predicted molar refractivity (Wildman–Crippen MR) is 129 cm³/mol. The van der Waals surface area contributed by atoms with Crippen LogP contribution in [0.2, 0.25) is 0 Å². The number of carbonyl (C=O) groups is 2. The Bertz CT molecular complexity index is 1060. The van der Waals surface area contributed by atoms with Crippen LogP contribution >= 0.6 is 0 Å². The highest BCUT2D eigenvalue weighted by molar-refractivity contribution is 5.94. The first kappa shape index (κ1) is 24.2. The van der Waals surface area contributed by atoms with Crippen molar-refractivity contribution in [2.45, 2.75) is 53.1 Å². The van der Waals surface area contributed by atoms with Crippen LogP contribution in [0.4, 0.5) is 0 Å². The van der Waals surface area contributed by atoms with Crippen LogP contribution in [0.1, 0.15) is 72.4 Å². The summed E-state index contributed by atoms with van der Waals surface area (Å²) in [4.78, 5) is 27.4. The van der Waals surface area contributed by atoms with Crippen LogP contribution in [-0.2, 0) is 18.5 Å². The maximum absolute atomic E-state index is 13.4. The Morgan fingerprint density at radius 2 is 1.67 bits per heavy atom. The maximum atomic E-state index is 13.4. The molecule has 0 radical (unpaired) electrons. The van der Waals surface area contributed by atoms with Gasteiger partial charge in [0.15, 0.2) is 11.5 Å². The van der Waals surface area contributed by atoms with E-state index in [1.807, 2.05) is 68.4 Å². The van der Waals surface area contributed by atoms with Crippen LogP contribution in [-0.4, -0.2) is 28.4 Å². The van der Waals surface area contributed by atoms with Gasteiger partial charge in [0, 0.05) is 24.7 Å². The fraction of sp³-hybridized carbons (Fsp3) is 0.370. The third-order valence-corrected chi connectivity index (χ3v) is 5.31. The van der Waals surface area contributed by atoms with Crippen molar-refractivity contribution in [2.75, 3.05) is 6.54 Å². The second-order valence-corrected chi connectivity index (χ2v) is 9.76. The Morgan fingerprint density at radius 1 is 1.00 bits per heavy atom. The zero-order valence-electron chi connectivity index (χ0n) is 20.1. The number of nitrogens with one attached hydrogen (secondary N) is 1. The molecule has 0 saturated heterocycles. The standard InChI is InChI=1S/C27H33N3O3/c1-19(2)16-28-25(31)24-15-23(33-29-24)18-30(17-20-9-7-6-8-10-20)26(32)21-11-13-22(14-12-21)27(3,4)5/h6-15,19H,16-18H2,1-5H3,(H,28,31). The maximum Gasteiger partial charge on any atom is 0.273 e. The Kier molecular flexibility index (Phi) is 7.69. The summed E-state index contributed by atoms with van der Waals surface area (Å²) >= 11 is 0. The van der Waals surface area contributed by atoms with Crippen LogP contribution < -0.4 is 5.32 Å². The summed E-state index contributed by atoms with van der Waals surface area (Å²) < 4.78 is 5.41. The van der Waals surface area contributed by atoms with E-state index in [4.69, 9.17) is 4.52 Å². The van der Waals surface area contributed by atoms with Crippen molar-refractivity contribution in [3.05, 3.63) is 88.8 Å². The molecule has 0 atom stereocenters. The summed E-state index contributed by atoms with van der Waals surface area (Å²) in [5.41, 5.74) is 3.01. The van der Waals surface area contributed by atoms with E-state index in [-0.39, 0.29) is 29.5 Å². The van der Waals surface area contributed by atoms with E-state index in [1.165, 1.54) is 5.56 Å². The average Bonchev–Trinajstić information content (AvgIpc) is 3.25. The lowest BCUT2D eigenvalue weighted by Gasteiger charge is -2.23. The van der Waals surface area contributed by atoms with Crippen LogP contribution in [0.25, 0.3) is 0 Å². The molecule has 0 spiro atoms. The first-order chi connectivity index (χ1) is 15.6. The molecule has 1 aromatic heterocycles. The molecule has 0 aliphatic heterocycles. The molecule has 174 valence electrons. The highest BCUT2D eigenvalue weighted by Gasteiger charge is 2.21. The van der Waals surface area contributed by atoms with Gasteiger partial charge in [-0.15, -0.1) is 0 Å². The number of hydrogen-bond donors (Lipinski definition) is 1. The van der Waals surface area contributed by atoms with Gasteiger partial charge in [0.1, 0.15) is 0 Å². The minimum Gasteiger partial charge on any atom is -0.359 e. The van der Waals surface area contributed by atoms with E-state index in [0.717, 1.165) is 5.56 Å². The van der Waals surface area contributed by atoms with E-state index in [0.29, 0.717) is 30.3 Å². The zero-order chi connectivity index (χ0) is 24.0. The Morgan fingerprint density at radius 3 is 2.27 bits per heavy atom. The fourth-order valence-electron chi connectivity index (χ4n) is 3.37. The summed E-state index contributed by atoms with van der Waals surface area (Å²) in [6, 6.07) is 19.1. The van der Waals surface area contributed by atoms with E-state index < -0.39 is 0 Å². The van der Waals surface area contributed by atoms with Gasteiger partial charge in [0.25, 0.3) is 11.8 Å². The molecule has 0 fully saturated rings. The minimum atomic E-state index is -0.280. The monoisotopic (exact) mass is 447 g/mol. The SMILES string of the molecule is CC(C)CNC(=O)c1cc(CN(Cc2ccccc2)C(=O)c2ccc(C(C)(C)C)cc2)on1. The third-order valence-electron chi connectivity index (χ3n) is 5.31. The summed E-state index contributed by atoms with van der Waals surface area (Å²) in [7, 11) is 0. The van der Waals surface area contributed by atoms with Crippen molar-refractivity contribution in [3.63, 3.8) is 0 Å². The predicted octanol–water partition coefficient (Wildman–Crippen LogP) is 5.20. The fourth-order valence-corrected chi connectivity index (χ4v) is 3.37. The van der Waals surface area contributed by atoms with Gasteiger partial charge in [0.2, 0.25) is 0 Å². The number of carbonyl (C=O) groups excluding carboxylic acids is 2. The number of amides is 2. The molecule has 0 unspecified atom stereocenters. The molecule has 6 heteroatoms. The number of nitrogens with zero attached hydrogens (tertiary/aromatic N) is 2. The summed E-state index contributed by atoms with van der Waals surface area (Å²) in [5.74, 6) is 0.406. The lowest BCUT2D eigenvalue weighted by Crippen LogP contribution is -2.30. The molecule has 1 N–H and O–H groups in total. The smallest absolute Gasteiger partial charge is 0.273 e. The third kappa shape index (κ3) is 6.78. The van der Waals surface area contributed by atoms with E-state index >= 15 is 0 Å². The lowest BCUT2D eigenvalue weighted by atomic mass is 9.86. The molecule has 1 heterocycles. The van der Waals surface area contributed by atoms with Gasteiger partial charge in [-0.05, 0) is 34.6 Å². The highest BCUT2D eigenvalue weighted by Crippen LogP contribution is 2.23. The van der Waals surface area contributed by atoms with Crippen molar-refractivity contribution in [2.24, 2.45) is 5.92 Å². The van der Waals surface area contributed by atoms with Gasteiger partial charge < -0.3 is 14.7 Å². The van der Waals surface area contributed by atoms with Crippen molar-refractivity contribution in [1.82, 2.24) is 15.4 Å².